The van der Waals surface area contributed by atoms with E-state index in [-0.39, 0.29) is 5.69 Å². The van der Waals surface area contributed by atoms with Gasteiger partial charge in [-0.2, -0.15) is 13.2 Å². The molecule has 1 N–H and O–H groups in total. The lowest BCUT2D eigenvalue weighted by Gasteiger charge is -2.10. The molecule has 0 aliphatic carbocycles. The number of rotatable bonds is 7. The van der Waals surface area contributed by atoms with E-state index in [1.54, 1.807) is 12.1 Å². The van der Waals surface area contributed by atoms with Crippen LogP contribution >= 0.6 is 0 Å². The molecule has 1 amide bonds. The van der Waals surface area contributed by atoms with Gasteiger partial charge >= 0.3 is 6.18 Å². The molecule has 0 unspecified atom stereocenters. The average molecular weight is 349 g/mol. The number of unbranched alkanes of at least 4 members (excludes halogenated alkanes) is 3. The Balaban J connectivity index is 1.97. The maximum atomic E-state index is 12.7. The van der Waals surface area contributed by atoms with Crippen LogP contribution in [0, 0.1) is 0 Å². The van der Waals surface area contributed by atoms with Crippen LogP contribution in [0.1, 0.15) is 54.1 Å². The predicted molar refractivity (Wildman–Crippen MR) is 93.7 cm³/mol. The first-order chi connectivity index (χ1) is 11.9. The van der Waals surface area contributed by atoms with Crippen LogP contribution in [-0.4, -0.2) is 5.91 Å². The molecule has 0 bridgehead atoms. The summed E-state index contributed by atoms with van der Waals surface area (Å²) in [6, 6.07) is 11.8. The van der Waals surface area contributed by atoms with E-state index in [1.807, 2.05) is 12.1 Å². The molecule has 25 heavy (non-hydrogen) atoms. The standard InChI is InChI=1S/C20H22F3NO/c1-2-3-4-5-7-15-10-12-16(13-11-15)19(25)24-18-9-6-8-17(14-18)20(21,22)23/h6,8-14H,2-5,7H2,1H3,(H,24,25). The van der Waals surface area contributed by atoms with Crippen molar-refractivity contribution < 1.29 is 18.0 Å². The molecule has 0 atom stereocenters. The van der Waals surface area contributed by atoms with Crippen molar-refractivity contribution in [2.24, 2.45) is 0 Å². The van der Waals surface area contributed by atoms with Gasteiger partial charge in [-0.15, -0.1) is 0 Å². The Bertz CT molecular complexity index is 693. The van der Waals surface area contributed by atoms with Crippen molar-refractivity contribution in [3.63, 3.8) is 0 Å². The second kappa shape index (κ2) is 8.70. The molecule has 0 saturated carbocycles. The van der Waals surface area contributed by atoms with Gasteiger partial charge in [-0.3, -0.25) is 4.79 Å². The summed E-state index contributed by atoms with van der Waals surface area (Å²) in [5.41, 5.74) is 0.928. The summed E-state index contributed by atoms with van der Waals surface area (Å²) in [6.07, 6.45) is 1.25. The molecule has 0 heterocycles. The van der Waals surface area contributed by atoms with E-state index >= 15 is 0 Å². The molecular formula is C20H22F3NO. The molecule has 0 radical (unpaired) electrons. The van der Waals surface area contributed by atoms with Gasteiger partial charge in [0.15, 0.2) is 0 Å². The zero-order chi connectivity index (χ0) is 18.3. The minimum atomic E-state index is -4.43. The van der Waals surface area contributed by atoms with Crippen LogP contribution < -0.4 is 5.32 Å². The Labute approximate surface area is 146 Å². The summed E-state index contributed by atoms with van der Waals surface area (Å²) in [4.78, 5) is 12.2. The van der Waals surface area contributed by atoms with Crippen molar-refractivity contribution in [3.8, 4) is 0 Å². The number of aryl methyl sites for hydroxylation is 1. The molecule has 0 aromatic heterocycles. The van der Waals surface area contributed by atoms with Crippen molar-refractivity contribution in [3.05, 3.63) is 65.2 Å². The monoisotopic (exact) mass is 349 g/mol. The summed E-state index contributed by atoms with van der Waals surface area (Å²) in [7, 11) is 0. The molecule has 2 aromatic rings. The van der Waals surface area contributed by atoms with Gasteiger partial charge in [-0.05, 0) is 48.7 Å². The van der Waals surface area contributed by atoms with Crippen LogP contribution in [0.4, 0.5) is 18.9 Å². The third-order valence-corrected chi connectivity index (χ3v) is 3.98. The quantitative estimate of drug-likeness (QED) is 0.603. The lowest BCUT2D eigenvalue weighted by atomic mass is 10.0. The van der Waals surface area contributed by atoms with E-state index in [2.05, 4.69) is 12.2 Å². The molecule has 0 aliphatic rings. The number of hydrogen-bond acceptors (Lipinski definition) is 1. The number of carbonyl (C=O) groups is 1. The van der Waals surface area contributed by atoms with E-state index in [0.29, 0.717) is 5.56 Å². The van der Waals surface area contributed by atoms with Gasteiger partial charge in [0.25, 0.3) is 5.91 Å². The maximum Gasteiger partial charge on any atom is 0.416 e. The highest BCUT2D eigenvalue weighted by Crippen LogP contribution is 2.30. The van der Waals surface area contributed by atoms with Gasteiger partial charge in [0.2, 0.25) is 0 Å². The summed E-state index contributed by atoms with van der Waals surface area (Å²) in [6.45, 7) is 2.16. The molecule has 2 nitrogen and oxygen atoms in total. The third kappa shape index (κ3) is 5.93. The fourth-order valence-electron chi connectivity index (χ4n) is 2.56. The van der Waals surface area contributed by atoms with Crippen molar-refractivity contribution >= 4 is 11.6 Å². The molecule has 0 fully saturated rings. The SMILES string of the molecule is CCCCCCc1ccc(C(=O)Nc2cccc(C(F)(F)F)c2)cc1. The highest BCUT2D eigenvalue weighted by atomic mass is 19.4. The first-order valence-corrected chi connectivity index (χ1v) is 8.47. The molecule has 134 valence electrons. The topological polar surface area (TPSA) is 29.1 Å². The Hall–Kier alpha value is -2.30. The van der Waals surface area contributed by atoms with Crippen LogP contribution in [0.3, 0.4) is 0 Å². The van der Waals surface area contributed by atoms with Gasteiger partial charge < -0.3 is 5.32 Å². The number of halogens is 3. The molecule has 0 spiro atoms. The summed E-state index contributed by atoms with van der Waals surface area (Å²) < 4.78 is 38.1. The van der Waals surface area contributed by atoms with Crippen LogP contribution in [0.2, 0.25) is 0 Å². The Morgan fingerprint density at radius 1 is 1.00 bits per heavy atom. The van der Waals surface area contributed by atoms with E-state index in [9.17, 15) is 18.0 Å². The largest absolute Gasteiger partial charge is 0.416 e. The van der Waals surface area contributed by atoms with Crippen LogP contribution in [0.5, 0.6) is 0 Å². The van der Waals surface area contributed by atoms with E-state index < -0.39 is 17.6 Å². The van der Waals surface area contributed by atoms with Crippen molar-refractivity contribution in [1.29, 1.82) is 0 Å². The van der Waals surface area contributed by atoms with Gasteiger partial charge in [-0.25, -0.2) is 0 Å². The van der Waals surface area contributed by atoms with Crippen LogP contribution in [0.15, 0.2) is 48.5 Å². The lowest BCUT2D eigenvalue weighted by Crippen LogP contribution is -2.13. The van der Waals surface area contributed by atoms with Crippen molar-refractivity contribution in [2.75, 3.05) is 5.32 Å². The summed E-state index contributed by atoms with van der Waals surface area (Å²) >= 11 is 0. The average Bonchev–Trinajstić information content (AvgIpc) is 2.59. The number of amides is 1. The van der Waals surface area contributed by atoms with E-state index in [4.69, 9.17) is 0 Å². The summed E-state index contributed by atoms with van der Waals surface area (Å²) in [5.74, 6) is -0.420. The zero-order valence-corrected chi connectivity index (χ0v) is 14.2. The Morgan fingerprint density at radius 3 is 2.36 bits per heavy atom. The zero-order valence-electron chi connectivity index (χ0n) is 14.2. The van der Waals surface area contributed by atoms with Crippen LogP contribution in [0.25, 0.3) is 0 Å². The predicted octanol–water partition coefficient (Wildman–Crippen LogP) is 6.08. The normalized spacial score (nSPS) is 11.4. The molecule has 2 aromatic carbocycles. The fourth-order valence-corrected chi connectivity index (χ4v) is 2.56. The number of hydrogen-bond donors (Lipinski definition) is 1. The van der Waals surface area contributed by atoms with E-state index in [1.165, 1.54) is 31.4 Å². The third-order valence-electron chi connectivity index (χ3n) is 3.98. The number of nitrogens with one attached hydrogen (secondary N) is 1. The first kappa shape index (κ1) is 19.0. The fraction of sp³-hybridized carbons (Fsp3) is 0.350. The Morgan fingerprint density at radius 2 is 1.72 bits per heavy atom. The van der Waals surface area contributed by atoms with Gasteiger partial charge in [0.05, 0.1) is 5.56 Å². The summed E-state index contributed by atoms with van der Waals surface area (Å²) in [5, 5.41) is 2.51. The second-order valence-corrected chi connectivity index (χ2v) is 6.04. The molecular weight excluding hydrogens is 327 g/mol. The second-order valence-electron chi connectivity index (χ2n) is 6.04. The Kier molecular flexibility index (Phi) is 6.62. The first-order valence-electron chi connectivity index (χ1n) is 8.47. The molecule has 0 aliphatic heterocycles. The highest BCUT2D eigenvalue weighted by molar-refractivity contribution is 6.04. The number of benzene rings is 2. The number of alkyl halides is 3. The van der Waals surface area contributed by atoms with Crippen molar-refractivity contribution in [2.45, 2.75) is 45.2 Å². The maximum absolute atomic E-state index is 12.7. The lowest BCUT2D eigenvalue weighted by molar-refractivity contribution is -0.137. The minimum Gasteiger partial charge on any atom is -0.322 e. The number of anilines is 1. The van der Waals surface area contributed by atoms with Gasteiger partial charge in [0, 0.05) is 11.3 Å². The van der Waals surface area contributed by atoms with E-state index in [0.717, 1.165) is 30.5 Å². The van der Waals surface area contributed by atoms with Crippen molar-refractivity contribution in [1.82, 2.24) is 0 Å². The smallest absolute Gasteiger partial charge is 0.322 e. The molecule has 2 rings (SSSR count). The minimum absolute atomic E-state index is 0.128. The molecule has 0 saturated heterocycles. The molecule has 5 heteroatoms. The highest BCUT2D eigenvalue weighted by Gasteiger charge is 2.30. The van der Waals surface area contributed by atoms with Crippen LogP contribution in [-0.2, 0) is 12.6 Å². The number of carbonyl (C=O) groups excluding carboxylic acids is 1. The van der Waals surface area contributed by atoms with Gasteiger partial charge in [0.1, 0.15) is 0 Å². The van der Waals surface area contributed by atoms with Gasteiger partial charge in [-0.1, -0.05) is 44.4 Å².